The van der Waals surface area contributed by atoms with E-state index in [0.717, 1.165) is 16.8 Å². The SMILES string of the molecule is Cc1ccc([C@H]2Cn3nnc(C(=O)N4CCC(C(=O)NCc5cccc(C)c5)CC4)c3CO2)cc1. The van der Waals surface area contributed by atoms with Crippen LogP contribution in [0.15, 0.2) is 48.5 Å². The predicted octanol–water partition coefficient (Wildman–Crippen LogP) is 3.34. The molecule has 35 heavy (non-hydrogen) atoms. The van der Waals surface area contributed by atoms with Gasteiger partial charge in [0, 0.05) is 25.6 Å². The lowest BCUT2D eigenvalue weighted by Crippen LogP contribution is -2.43. The summed E-state index contributed by atoms with van der Waals surface area (Å²) in [5.41, 5.74) is 5.63. The van der Waals surface area contributed by atoms with Crippen molar-refractivity contribution in [2.45, 2.75) is 52.5 Å². The van der Waals surface area contributed by atoms with Crippen molar-refractivity contribution < 1.29 is 14.3 Å². The van der Waals surface area contributed by atoms with Crippen molar-refractivity contribution in [1.29, 1.82) is 0 Å². The molecular formula is C27H31N5O3. The molecule has 3 aromatic rings. The molecule has 1 N–H and O–H groups in total. The van der Waals surface area contributed by atoms with Gasteiger partial charge in [0.1, 0.15) is 6.10 Å². The number of likely N-dealkylation sites (tertiary alicyclic amines) is 1. The van der Waals surface area contributed by atoms with E-state index in [9.17, 15) is 9.59 Å². The topological polar surface area (TPSA) is 89.4 Å². The molecule has 2 aliphatic heterocycles. The number of ether oxygens (including phenoxy) is 1. The second-order valence-corrected chi connectivity index (χ2v) is 9.55. The minimum absolute atomic E-state index is 0.0511. The molecule has 2 amide bonds. The van der Waals surface area contributed by atoms with Crippen LogP contribution in [0.2, 0.25) is 0 Å². The van der Waals surface area contributed by atoms with Gasteiger partial charge < -0.3 is 15.0 Å². The number of rotatable bonds is 5. The highest BCUT2D eigenvalue weighted by Gasteiger charge is 2.33. The van der Waals surface area contributed by atoms with Gasteiger partial charge in [-0.15, -0.1) is 5.10 Å². The maximum absolute atomic E-state index is 13.2. The number of hydrogen-bond donors (Lipinski definition) is 1. The molecule has 1 aromatic heterocycles. The Labute approximate surface area is 205 Å². The fraction of sp³-hybridized carbons (Fsp3) is 0.407. The molecule has 0 spiro atoms. The summed E-state index contributed by atoms with van der Waals surface area (Å²) in [7, 11) is 0. The fourth-order valence-corrected chi connectivity index (χ4v) is 4.81. The highest BCUT2D eigenvalue weighted by atomic mass is 16.5. The number of piperidine rings is 1. The molecule has 1 saturated heterocycles. The zero-order valence-corrected chi connectivity index (χ0v) is 20.2. The first-order valence-electron chi connectivity index (χ1n) is 12.2. The van der Waals surface area contributed by atoms with Gasteiger partial charge in [0.05, 0.1) is 18.8 Å². The molecule has 1 atom stereocenters. The molecule has 8 nitrogen and oxygen atoms in total. The van der Waals surface area contributed by atoms with Crippen LogP contribution in [-0.2, 0) is 29.2 Å². The van der Waals surface area contributed by atoms with Crippen molar-refractivity contribution in [3.63, 3.8) is 0 Å². The van der Waals surface area contributed by atoms with Crippen LogP contribution in [0.25, 0.3) is 0 Å². The van der Waals surface area contributed by atoms with Crippen LogP contribution < -0.4 is 5.32 Å². The molecule has 5 rings (SSSR count). The maximum atomic E-state index is 13.2. The quantitative estimate of drug-likeness (QED) is 0.614. The van der Waals surface area contributed by atoms with Gasteiger partial charge in [-0.25, -0.2) is 4.68 Å². The third kappa shape index (κ3) is 5.12. The number of hydrogen-bond acceptors (Lipinski definition) is 5. The Kier molecular flexibility index (Phi) is 6.63. The summed E-state index contributed by atoms with van der Waals surface area (Å²) in [6, 6.07) is 16.4. The average molecular weight is 474 g/mol. The summed E-state index contributed by atoms with van der Waals surface area (Å²) in [5, 5.41) is 11.5. The van der Waals surface area contributed by atoms with Crippen LogP contribution in [0.1, 0.15) is 57.4 Å². The minimum Gasteiger partial charge on any atom is -0.365 e. The lowest BCUT2D eigenvalue weighted by Gasteiger charge is -2.31. The number of carbonyl (C=O) groups excluding carboxylic acids is 2. The number of nitrogens with zero attached hydrogens (tertiary/aromatic N) is 4. The molecule has 0 saturated carbocycles. The third-order valence-electron chi connectivity index (χ3n) is 6.95. The minimum atomic E-state index is -0.137. The predicted molar refractivity (Wildman–Crippen MR) is 130 cm³/mol. The number of benzene rings is 2. The van der Waals surface area contributed by atoms with Crippen LogP contribution in [0, 0.1) is 19.8 Å². The molecule has 1 fully saturated rings. The van der Waals surface area contributed by atoms with E-state index < -0.39 is 0 Å². The maximum Gasteiger partial charge on any atom is 0.276 e. The lowest BCUT2D eigenvalue weighted by molar-refractivity contribution is -0.126. The number of aryl methyl sites for hydroxylation is 2. The standard InChI is InChI=1S/C27H31N5O3/c1-18-6-8-21(9-7-18)24-16-32-23(17-35-24)25(29-30-32)27(34)31-12-10-22(11-13-31)26(33)28-15-20-5-3-4-19(2)14-20/h3-9,14,22,24H,10-13,15-17H2,1-2H3,(H,28,33)/t24-/m1/s1. The summed E-state index contributed by atoms with van der Waals surface area (Å²) in [6.07, 6.45) is 1.17. The van der Waals surface area contributed by atoms with Gasteiger partial charge in [-0.2, -0.15) is 0 Å². The number of fused-ring (bicyclic) bond motifs is 1. The second kappa shape index (κ2) is 10.00. The molecule has 8 heteroatoms. The van der Waals surface area contributed by atoms with E-state index in [4.69, 9.17) is 4.74 Å². The zero-order chi connectivity index (χ0) is 24.4. The van der Waals surface area contributed by atoms with Gasteiger partial charge in [-0.1, -0.05) is 64.9 Å². The first kappa shape index (κ1) is 23.2. The molecule has 0 aliphatic carbocycles. The molecular weight excluding hydrogens is 442 g/mol. The van der Waals surface area contributed by atoms with E-state index in [1.165, 1.54) is 11.1 Å². The summed E-state index contributed by atoms with van der Waals surface area (Å²) < 4.78 is 7.85. The van der Waals surface area contributed by atoms with Crippen LogP contribution in [0.5, 0.6) is 0 Å². The normalized spacial score (nSPS) is 18.2. The Hall–Kier alpha value is -3.52. The van der Waals surface area contributed by atoms with Gasteiger partial charge in [0.2, 0.25) is 5.91 Å². The highest BCUT2D eigenvalue weighted by molar-refractivity contribution is 5.93. The van der Waals surface area contributed by atoms with Crippen molar-refractivity contribution in [3.8, 4) is 0 Å². The van der Waals surface area contributed by atoms with Crippen molar-refractivity contribution in [2.24, 2.45) is 5.92 Å². The summed E-state index contributed by atoms with van der Waals surface area (Å²) in [4.78, 5) is 27.6. The van der Waals surface area contributed by atoms with Gasteiger partial charge in [0.15, 0.2) is 5.69 Å². The Morgan fingerprint density at radius 2 is 1.83 bits per heavy atom. The Morgan fingerprint density at radius 1 is 1.06 bits per heavy atom. The van der Waals surface area contributed by atoms with E-state index in [1.807, 2.05) is 25.1 Å². The molecule has 0 unspecified atom stereocenters. The fourth-order valence-electron chi connectivity index (χ4n) is 4.81. The highest BCUT2D eigenvalue weighted by Crippen LogP contribution is 2.28. The molecule has 3 heterocycles. The summed E-state index contributed by atoms with van der Waals surface area (Å²) in [6.45, 7) is 6.50. The van der Waals surface area contributed by atoms with Crippen LogP contribution in [0.3, 0.4) is 0 Å². The number of nitrogens with one attached hydrogen (secondary N) is 1. The zero-order valence-electron chi connectivity index (χ0n) is 20.2. The van der Waals surface area contributed by atoms with Crippen LogP contribution >= 0.6 is 0 Å². The van der Waals surface area contributed by atoms with E-state index >= 15 is 0 Å². The summed E-state index contributed by atoms with van der Waals surface area (Å²) in [5.74, 6) is -0.172. The van der Waals surface area contributed by atoms with Crippen LogP contribution in [-0.4, -0.2) is 44.8 Å². The lowest BCUT2D eigenvalue weighted by atomic mass is 9.95. The number of aromatic nitrogens is 3. The van der Waals surface area contributed by atoms with Crippen molar-refractivity contribution in [3.05, 3.63) is 82.2 Å². The molecule has 2 aromatic carbocycles. The molecule has 2 aliphatic rings. The van der Waals surface area contributed by atoms with Gasteiger partial charge in [0.25, 0.3) is 5.91 Å². The van der Waals surface area contributed by atoms with Crippen molar-refractivity contribution in [2.75, 3.05) is 13.1 Å². The first-order valence-corrected chi connectivity index (χ1v) is 12.2. The molecule has 0 bridgehead atoms. The largest absolute Gasteiger partial charge is 0.365 e. The third-order valence-corrected chi connectivity index (χ3v) is 6.95. The van der Waals surface area contributed by atoms with E-state index in [2.05, 4.69) is 52.9 Å². The van der Waals surface area contributed by atoms with Gasteiger partial charge >= 0.3 is 0 Å². The van der Waals surface area contributed by atoms with Crippen molar-refractivity contribution >= 4 is 11.8 Å². The van der Waals surface area contributed by atoms with E-state index in [-0.39, 0.29) is 23.8 Å². The Bertz CT molecular complexity index is 1210. The molecule has 182 valence electrons. The number of carbonyl (C=O) groups is 2. The van der Waals surface area contributed by atoms with E-state index in [1.54, 1.807) is 9.58 Å². The van der Waals surface area contributed by atoms with Crippen LogP contribution in [0.4, 0.5) is 0 Å². The van der Waals surface area contributed by atoms with Crippen molar-refractivity contribution in [1.82, 2.24) is 25.2 Å². The number of amides is 2. The Morgan fingerprint density at radius 3 is 2.57 bits per heavy atom. The van der Waals surface area contributed by atoms with Gasteiger partial charge in [-0.05, 0) is 37.8 Å². The second-order valence-electron chi connectivity index (χ2n) is 9.55. The summed E-state index contributed by atoms with van der Waals surface area (Å²) >= 11 is 0. The van der Waals surface area contributed by atoms with E-state index in [0.29, 0.717) is 51.3 Å². The Balaban J connectivity index is 1.15. The monoisotopic (exact) mass is 473 g/mol. The first-order chi connectivity index (χ1) is 17.0. The smallest absolute Gasteiger partial charge is 0.276 e. The molecule has 0 radical (unpaired) electrons. The van der Waals surface area contributed by atoms with Gasteiger partial charge in [-0.3, -0.25) is 9.59 Å². The average Bonchev–Trinajstić information content (AvgIpc) is 3.31.